The summed E-state index contributed by atoms with van der Waals surface area (Å²) in [5.74, 6) is 1.72. The smallest absolute Gasteiger partial charge is 0.193 e. The van der Waals surface area contributed by atoms with Crippen LogP contribution in [0.4, 0.5) is 0 Å². The largest absolute Gasteiger partial charge is 0.379 e. The summed E-state index contributed by atoms with van der Waals surface area (Å²) in [5, 5.41) is 3.56. The van der Waals surface area contributed by atoms with Gasteiger partial charge in [0.25, 0.3) is 0 Å². The summed E-state index contributed by atoms with van der Waals surface area (Å²) in [6.45, 7) is 7.73. The number of hydrogen-bond donors (Lipinski definition) is 1. The van der Waals surface area contributed by atoms with Crippen molar-refractivity contribution in [3.05, 3.63) is 71.3 Å². The molecule has 1 unspecified atom stereocenters. The molecule has 2 aromatic carbocycles. The van der Waals surface area contributed by atoms with Crippen LogP contribution in [0.2, 0.25) is 0 Å². The fourth-order valence-corrected chi connectivity index (χ4v) is 4.43. The molecule has 0 bridgehead atoms. The fourth-order valence-electron chi connectivity index (χ4n) is 4.43. The van der Waals surface area contributed by atoms with Crippen LogP contribution in [0.3, 0.4) is 0 Å². The van der Waals surface area contributed by atoms with Crippen LogP contribution in [0, 0.1) is 5.92 Å². The number of hydrogen-bond acceptors (Lipinski definition) is 3. The van der Waals surface area contributed by atoms with Crippen LogP contribution in [0.15, 0.2) is 59.6 Å². The zero-order valence-corrected chi connectivity index (χ0v) is 18.1. The van der Waals surface area contributed by atoms with E-state index in [1.807, 2.05) is 7.05 Å². The SMILES string of the molecule is CN=C(NCc1ccc(CN2CCOCC2)cc1)N1CCC(Cc2ccccc2)C1. The molecule has 30 heavy (non-hydrogen) atoms. The first-order valence-corrected chi connectivity index (χ1v) is 11.2. The predicted molar refractivity (Wildman–Crippen MR) is 123 cm³/mol. The van der Waals surface area contributed by atoms with Crippen molar-refractivity contribution in [2.24, 2.45) is 10.9 Å². The molecule has 2 aromatic rings. The predicted octanol–water partition coefficient (Wildman–Crippen LogP) is 3.16. The summed E-state index contributed by atoms with van der Waals surface area (Å²) in [7, 11) is 1.89. The first kappa shape index (κ1) is 20.9. The van der Waals surface area contributed by atoms with Gasteiger partial charge >= 0.3 is 0 Å². The van der Waals surface area contributed by atoms with Crippen LogP contribution in [0.1, 0.15) is 23.1 Å². The van der Waals surface area contributed by atoms with E-state index in [-0.39, 0.29) is 0 Å². The van der Waals surface area contributed by atoms with E-state index >= 15 is 0 Å². The number of nitrogens with zero attached hydrogens (tertiary/aromatic N) is 3. The number of benzene rings is 2. The number of guanidine groups is 1. The van der Waals surface area contributed by atoms with Crippen molar-refractivity contribution in [2.45, 2.75) is 25.9 Å². The second-order valence-corrected chi connectivity index (χ2v) is 8.40. The second-order valence-electron chi connectivity index (χ2n) is 8.40. The Bertz CT molecular complexity index is 800. The van der Waals surface area contributed by atoms with Crippen LogP contribution < -0.4 is 5.32 Å². The minimum absolute atomic E-state index is 0.699. The molecule has 2 heterocycles. The molecule has 4 rings (SSSR count). The Morgan fingerprint density at radius 2 is 1.70 bits per heavy atom. The molecule has 2 saturated heterocycles. The van der Waals surface area contributed by atoms with Gasteiger partial charge in [-0.1, -0.05) is 54.6 Å². The molecule has 0 saturated carbocycles. The standard InChI is InChI=1S/C25H34N4O/c1-26-25(29-12-11-24(20-29)17-21-5-3-2-4-6-21)27-18-22-7-9-23(10-8-22)19-28-13-15-30-16-14-28/h2-10,24H,11-20H2,1H3,(H,26,27). The maximum atomic E-state index is 5.43. The van der Waals surface area contributed by atoms with Gasteiger partial charge in [0, 0.05) is 46.3 Å². The minimum atomic E-state index is 0.699. The summed E-state index contributed by atoms with van der Waals surface area (Å²) in [4.78, 5) is 9.39. The Morgan fingerprint density at radius 1 is 0.967 bits per heavy atom. The van der Waals surface area contributed by atoms with Gasteiger partial charge < -0.3 is 15.0 Å². The van der Waals surface area contributed by atoms with E-state index in [9.17, 15) is 0 Å². The van der Waals surface area contributed by atoms with Crippen LogP contribution in [-0.2, 0) is 24.2 Å². The first-order chi connectivity index (χ1) is 14.8. The summed E-state index contributed by atoms with van der Waals surface area (Å²) < 4.78 is 5.43. The third-order valence-electron chi connectivity index (χ3n) is 6.15. The molecule has 0 radical (unpaired) electrons. The number of aliphatic imine (C=N–C) groups is 1. The van der Waals surface area contributed by atoms with Crippen molar-refractivity contribution in [3.8, 4) is 0 Å². The Labute approximate surface area is 180 Å². The highest BCUT2D eigenvalue weighted by Gasteiger charge is 2.24. The monoisotopic (exact) mass is 406 g/mol. The molecular weight excluding hydrogens is 372 g/mol. The molecule has 0 aliphatic carbocycles. The number of nitrogens with one attached hydrogen (secondary N) is 1. The Morgan fingerprint density at radius 3 is 2.43 bits per heavy atom. The van der Waals surface area contributed by atoms with E-state index in [0.717, 1.165) is 64.9 Å². The molecule has 2 aliphatic heterocycles. The average Bonchev–Trinajstić information content (AvgIpc) is 3.25. The lowest BCUT2D eigenvalue weighted by Gasteiger charge is -2.26. The Kier molecular flexibility index (Phi) is 7.38. The summed E-state index contributed by atoms with van der Waals surface area (Å²) in [6, 6.07) is 19.8. The number of rotatable bonds is 6. The average molecular weight is 407 g/mol. The third kappa shape index (κ3) is 5.83. The van der Waals surface area contributed by atoms with Crippen molar-refractivity contribution in [1.82, 2.24) is 15.1 Å². The van der Waals surface area contributed by atoms with Gasteiger partial charge in [0.1, 0.15) is 0 Å². The van der Waals surface area contributed by atoms with Gasteiger partial charge in [-0.05, 0) is 35.4 Å². The Balaban J connectivity index is 1.24. The van der Waals surface area contributed by atoms with Crippen molar-refractivity contribution >= 4 is 5.96 Å². The van der Waals surface area contributed by atoms with Crippen LogP contribution in [-0.4, -0.2) is 62.2 Å². The number of likely N-dealkylation sites (tertiary alicyclic amines) is 1. The zero-order valence-electron chi connectivity index (χ0n) is 18.1. The molecule has 1 atom stereocenters. The van der Waals surface area contributed by atoms with Crippen molar-refractivity contribution in [3.63, 3.8) is 0 Å². The second kappa shape index (κ2) is 10.6. The van der Waals surface area contributed by atoms with Crippen molar-refractivity contribution in [2.75, 3.05) is 46.4 Å². The van der Waals surface area contributed by atoms with Gasteiger partial charge in [-0.3, -0.25) is 9.89 Å². The maximum absolute atomic E-state index is 5.43. The highest BCUT2D eigenvalue weighted by Crippen LogP contribution is 2.21. The molecule has 0 amide bonds. The maximum Gasteiger partial charge on any atom is 0.193 e. The molecule has 0 spiro atoms. The van der Waals surface area contributed by atoms with Crippen LogP contribution in [0.25, 0.3) is 0 Å². The minimum Gasteiger partial charge on any atom is -0.379 e. The molecule has 0 aromatic heterocycles. The van der Waals surface area contributed by atoms with Gasteiger partial charge in [-0.2, -0.15) is 0 Å². The summed E-state index contributed by atoms with van der Waals surface area (Å²) >= 11 is 0. The lowest BCUT2D eigenvalue weighted by atomic mass is 9.99. The molecule has 5 nitrogen and oxygen atoms in total. The van der Waals surface area contributed by atoms with E-state index in [4.69, 9.17) is 4.74 Å². The fraction of sp³-hybridized carbons (Fsp3) is 0.480. The van der Waals surface area contributed by atoms with E-state index in [1.54, 1.807) is 0 Å². The van der Waals surface area contributed by atoms with Crippen LogP contribution >= 0.6 is 0 Å². The molecule has 160 valence electrons. The quantitative estimate of drug-likeness (QED) is 0.591. The molecule has 5 heteroatoms. The van der Waals surface area contributed by atoms with E-state index < -0.39 is 0 Å². The highest BCUT2D eigenvalue weighted by atomic mass is 16.5. The highest BCUT2D eigenvalue weighted by molar-refractivity contribution is 5.80. The van der Waals surface area contributed by atoms with E-state index in [2.05, 4.69) is 74.7 Å². The number of morpholine rings is 1. The van der Waals surface area contributed by atoms with Gasteiger partial charge in [-0.25, -0.2) is 0 Å². The van der Waals surface area contributed by atoms with Gasteiger partial charge in [0.15, 0.2) is 5.96 Å². The molecule has 1 N–H and O–H groups in total. The topological polar surface area (TPSA) is 40.1 Å². The third-order valence-corrected chi connectivity index (χ3v) is 6.15. The molecular formula is C25H34N4O. The van der Waals surface area contributed by atoms with E-state index in [0.29, 0.717) is 5.92 Å². The molecule has 2 fully saturated rings. The summed E-state index contributed by atoms with van der Waals surface area (Å²) in [5.41, 5.74) is 4.10. The van der Waals surface area contributed by atoms with Crippen molar-refractivity contribution in [1.29, 1.82) is 0 Å². The normalized spacial score (nSPS) is 20.5. The van der Waals surface area contributed by atoms with E-state index in [1.165, 1.54) is 23.1 Å². The lowest BCUT2D eigenvalue weighted by Crippen LogP contribution is -2.39. The molecule has 2 aliphatic rings. The van der Waals surface area contributed by atoms with Gasteiger partial charge in [0.05, 0.1) is 13.2 Å². The van der Waals surface area contributed by atoms with Crippen molar-refractivity contribution < 1.29 is 4.74 Å². The van der Waals surface area contributed by atoms with Crippen LogP contribution in [0.5, 0.6) is 0 Å². The number of ether oxygens (including phenoxy) is 1. The van der Waals surface area contributed by atoms with Gasteiger partial charge in [0.2, 0.25) is 0 Å². The summed E-state index contributed by atoms with van der Waals surface area (Å²) in [6.07, 6.45) is 2.38. The zero-order chi connectivity index (χ0) is 20.6. The lowest BCUT2D eigenvalue weighted by molar-refractivity contribution is 0.0342. The first-order valence-electron chi connectivity index (χ1n) is 11.2. The van der Waals surface area contributed by atoms with Gasteiger partial charge in [-0.15, -0.1) is 0 Å². The Hall–Kier alpha value is -2.37.